The summed E-state index contributed by atoms with van der Waals surface area (Å²) in [6.07, 6.45) is 0. The predicted octanol–water partition coefficient (Wildman–Crippen LogP) is -4.45. The first-order chi connectivity index (χ1) is 3.73. The molecule has 0 N–H and O–H groups in total. The minimum Gasteiger partial charge on any atom is -0.822 e. The first-order valence-electron chi connectivity index (χ1n) is 1.64. The fraction of sp³-hybridized carbons (Fsp3) is 0.500. The Morgan fingerprint density at radius 1 is 1.30 bits per heavy atom. The molecule has 8 heteroatoms. The van der Waals surface area contributed by atoms with Gasteiger partial charge in [0.15, 0.2) is 0 Å². The monoisotopic (exact) mass is 181 g/mol. The van der Waals surface area contributed by atoms with Gasteiger partial charge >= 0.3 is 17.4 Å². The molecule has 0 fully saturated rings. The molecule has 0 radical (unpaired) electrons. The first kappa shape index (κ1) is 16.6. The van der Waals surface area contributed by atoms with Crippen molar-refractivity contribution in [2.75, 3.05) is 0 Å². The Balaban J connectivity index is -0.0000000910. The van der Waals surface area contributed by atoms with Crippen LogP contribution in [0.1, 0.15) is 6.92 Å². The predicted molar refractivity (Wildman–Crippen MR) is 24.0 cm³/mol. The number of aliphatic carboxylic acids is 1. The summed E-state index contributed by atoms with van der Waals surface area (Å²) in [7, 11) is -5.39. The molecule has 56 valence electrons. The van der Waals surface area contributed by atoms with E-state index in [1.165, 1.54) is 0 Å². The van der Waals surface area contributed by atoms with Crippen molar-refractivity contribution in [2.45, 2.75) is 6.92 Å². The number of carboxylic acids is 1. The summed E-state index contributed by atoms with van der Waals surface area (Å²) in [6, 6.07) is 0. The molecule has 0 aromatic carbocycles. The van der Waals surface area contributed by atoms with Gasteiger partial charge in [0.25, 0.3) is 0 Å². The number of hydrogen-bond acceptors (Lipinski definition) is 6. The number of hydrogen-bond donors (Lipinski definition) is 0. The third kappa shape index (κ3) is 32400. The molecule has 0 aliphatic carbocycles. The summed E-state index contributed by atoms with van der Waals surface area (Å²) in [6.45, 7) is 0.972. The third-order valence-corrected chi connectivity index (χ3v) is 0. The maximum Gasteiger partial charge on any atom is 3.00 e. The molecule has 10 heavy (non-hydrogen) atoms. The van der Waals surface area contributed by atoms with Crippen molar-refractivity contribution in [3.8, 4) is 0 Å². The number of carbonyl (C=O) groups is 1. The van der Waals surface area contributed by atoms with E-state index in [0.29, 0.717) is 0 Å². The van der Waals surface area contributed by atoms with Crippen LogP contribution in [0.25, 0.3) is 0 Å². The van der Waals surface area contributed by atoms with Gasteiger partial charge in [-0.3, -0.25) is 0 Å². The van der Waals surface area contributed by atoms with Crippen molar-refractivity contribution in [3.05, 3.63) is 0 Å². The molecular weight excluding hydrogens is 178 g/mol. The average Bonchev–Trinajstić information content (AvgIpc) is 1.19. The van der Waals surface area contributed by atoms with E-state index in [1.807, 2.05) is 0 Å². The van der Waals surface area contributed by atoms with Gasteiger partial charge in [-0.05, 0) is 6.92 Å². The number of carboxylic acid groups (broad SMARTS) is 1. The quantitative estimate of drug-likeness (QED) is 0.274. The Bertz CT molecular complexity index is 115. The van der Waals surface area contributed by atoms with Gasteiger partial charge in [0, 0.05) is 5.97 Å². The number of phosphoric acid groups is 1. The smallest absolute Gasteiger partial charge is 0.822 e. The molecule has 0 atom stereocenters. The van der Waals surface area contributed by atoms with E-state index in [9.17, 15) is 0 Å². The topological polar surface area (TPSA) is 126 Å². The second-order valence-electron chi connectivity index (χ2n) is 0.939. The third-order valence-electron chi connectivity index (χ3n) is 0. The van der Waals surface area contributed by atoms with Gasteiger partial charge in [-0.1, -0.05) is 0 Å². The number of rotatable bonds is 0. The van der Waals surface area contributed by atoms with Crippen LogP contribution in [0, 0.1) is 0 Å². The molecule has 0 unspecified atom stereocenters. The summed E-state index contributed by atoms with van der Waals surface area (Å²) in [4.78, 5) is 34.5. The van der Waals surface area contributed by atoms with Crippen molar-refractivity contribution in [1.29, 1.82) is 0 Å². The fourth-order valence-electron chi connectivity index (χ4n) is 0. The molecule has 0 bridgehead atoms. The Labute approximate surface area is 67.9 Å². The fourth-order valence-corrected chi connectivity index (χ4v) is 0. The van der Waals surface area contributed by atoms with Crippen molar-refractivity contribution in [1.82, 2.24) is 0 Å². The maximum atomic E-state index is 8.89. The van der Waals surface area contributed by atoms with Crippen molar-refractivity contribution in [2.24, 2.45) is 0 Å². The van der Waals surface area contributed by atoms with E-state index in [2.05, 4.69) is 0 Å². The van der Waals surface area contributed by atoms with E-state index in [-0.39, 0.29) is 17.4 Å². The normalized spacial score (nSPS) is 8.40. The Morgan fingerprint density at radius 3 is 1.30 bits per heavy atom. The standard InChI is InChI=1S/C2H4O2.Al.H3O4P/c1-2(3)4;;1-5(2,3)4/h1H3,(H,3,4);;(H3,1,2,3,4)/q;+3;/p-4. The van der Waals surface area contributed by atoms with Crippen molar-refractivity contribution in [3.63, 3.8) is 0 Å². The second kappa shape index (κ2) is 7.22. The van der Waals surface area contributed by atoms with Gasteiger partial charge in [-0.15, -0.1) is 0 Å². The van der Waals surface area contributed by atoms with Crippen LogP contribution in [0.2, 0.25) is 0 Å². The zero-order valence-corrected chi connectivity index (χ0v) is 7.02. The SMILES string of the molecule is CC(=O)[O-].O=P([O-])([O-])[O-].[Al+3]. The molecule has 0 aliphatic heterocycles. The van der Waals surface area contributed by atoms with Gasteiger partial charge in [-0.25, -0.2) is 0 Å². The van der Waals surface area contributed by atoms with Crippen LogP contribution in [0.5, 0.6) is 0 Å². The molecule has 0 aromatic rings. The van der Waals surface area contributed by atoms with Crippen LogP contribution in [0.4, 0.5) is 0 Å². The van der Waals surface area contributed by atoms with Gasteiger partial charge < -0.3 is 29.1 Å². The maximum absolute atomic E-state index is 8.89. The van der Waals surface area contributed by atoms with Crippen LogP contribution >= 0.6 is 7.82 Å². The van der Waals surface area contributed by atoms with E-state index >= 15 is 0 Å². The summed E-state index contributed by atoms with van der Waals surface area (Å²) in [5, 5.41) is 8.89. The zero-order chi connectivity index (χ0) is 8.08. The van der Waals surface area contributed by atoms with Gasteiger partial charge in [0.2, 0.25) is 0 Å². The van der Waals surface area contributed by atoms with Crippen LogP contribution < -0.4 is 19.8 Å². The molecule has 0 rings (SSSR count). The van der Waals surface area contributed by atoms with E-state index < -0.39 is 13.8 Å². The molecule has 0 saturated heterocycles. The Hall–Kier alpha value is 0.112. The number of carbonyl (C=O) groups excluding carboxylic acids is 1. The minimum absolute atomic E-state index is 0. The summed E-state index contributed by atoms with van der Waals surface area (Å²) in [5.74, 6) is -1.08. The molecule has 0 heterocycles. The Morgan fingerprint density at radius 2 is 1.30 bits per heavy atom. The van der Waals surface area contributed by atoms with Crippen LogP contribution in [-0.4, -0.2) is 23.3 Å². The van der Waals surface area contributed by atoms with E-state index in [0.717, 1.165) is 6.92 Å². The van der Waals surface area contributed by atoms with Crippen molar-refractivity contribution >= 4 is 31.2 Å². The van der Waals surface area contributed by atoms with E-state index in [4.69, 9.17) is 29.1 Å². The van der Waals surface area contributed by atoms with Crippen LogP contribution in [0.15, 0.2) is 0 Å². The van der Waals surface area contributed by atoms with Gasteiger partial charge in [0.1, 0.15) is 0 Å². The molecule has 0 aliphatic rings. The largest absolute Gasteiger partial charge is 3.00 e. The molecular formula is C2H3AlO6P-. The minimum atomic E-state index is -5.39. The molecule has 0 amide bonds. The summed E-state index contributed by atoms with van der Waals surface area (Å²) in [5.41, 5.74) is 0. The van der Waals surface area contributed by atoms with Crippen LogP contribution in [0.3, 0.4) is 0 Å². The van der Waals surface area contributed by atoms with E-state index in [1.54, 1.807) is 0 Å². The van der Waals surface area contributed by atoms with Crippen LogP contribution in [-0.2, 0) is 9.36 Å². The second-order valence-corrected chi connectivity index (χ2v) is 1.83. The van der Waals surface area contributed by atoms with Gasteiger partial charge in [0.05, 0.1) is 0 Å². The van der Waals surface area contributed by atoms with Gasteiger partial charge in [-0.2, -0.15) is 7.82 Å². The summed E-state index contributed by atoms with van der Waals surface area (Å²) >= 11 is 0. The van der Waals surface area contributed by atoms with Crippen molar-refractivity contribution < 1.29 is 29.1 Å². The molecule has 0 saturated carbocycles. The first-order valence-corrected chi connectivity index (χ1v) is 3.10. The molecule has 0 aromatic heterocycles. The average molecular weight is 181 g/mol. The molecule has 0 spiro atoms. The summed E-state index contributed by atoms with van der Waals surface area (Å²) < 4.78 is 8.55. The Kier molecular flexibility index (Phi) is 12.0. The zero-order valence-electron chi connectivity index (χ0n) is 4.97. The molecule has 6 nitrogen and oxygen atoms in total.